The van der Waals surface area contributed by atoms with Gasteiger partial charge in [-0.2, -0.15) is 0 Å². The first-order valence-electron chi connectivity index (χ1n) is 9.92. The molecule has 1 atom stereocenters. The van der Waals surface area contributed by atoms with Gasteiger partial charge < -0.3 is 0 Å². The number of nitrogens with zero attached hydrogens (tertiary/aromatic N) is 1. The molecule has 1 aromatic heterocycles. The average molecular weight is 588 g/mol. The fourth-order valence-corrected chi connectivity index (χ4v) is 8.75. The van der Waals surface area contributed by atoms with Crippen LogP contribution in [-0.4, -0.2) is 14.7 Å². The average Bonchev–Trinajstić information content (AvgIpc) is 3.03. The number of rotatable bonds is 3. The summed E-state index contributed by atoms with van der Waals surface area (Å²) in [5.74, 6) is -0.520. The van der Waals surface area contributed by atoms with E-state index in [2.05, 4.69) is 29.8 Å². The molecule has 1 amide bonds. The Bertz CT molecular complexity index is 1190. The minimum atomic E-state index is -2.23. The van der Waals surface area contributed by atoms with E-state index < -0.39 is 26.0 Å². The van der Waals surface area contributed by atoms with Crippen LogP contribution < -0.4 is 8.85 Å². The van der Waals surface area contributed by atoms with Crippen LogP contribution in [0.2, 0.25) is 0 Å². The van der Waals surface area contributed by atoms with Crippen molar-refractivity contribution in [3.8, 4) is 0 Å². The van der Waals surface area contributed by atoms with Crippen molar-refractivity contribution in [3.05, 3.63) is 97.8 Å². The van der Waals surface area contributed by atoms with Crippen LogP contribution >= 0.6 is 36.0 Å². The molecule has 2 aromatic carbocycles. The molecule has 1 aliphatic heterocycles. The molecule has 2 N–H and O–H groups in total. The van der Waals surface area contributed by atoms with Crippen molar-refractivity contribution in [3.63, 3.8) is 0 Å². The third kappa shape index (κ3) is 3.92. The molecule has 0 spiro atoms. The molecule has 5 nitrogen and oxygen atoms in total. The summed E-state index contributed by atoms with van der Waals surface area (Å²) in [5, 5.41) is 3.01. The number of amides is 1. The zero-order valence-corrected chi connectivity index (χ0v) is 20.2. The molecule has 5 rings (SSSR count). The Morgan fingerprint density at radius 1 is 1.06 bits per heavy atom. The third-order valence-electron chi connectivity index (χ3n) is 5.40. The summed E-state index contributed by atoms with van der Waals surface area (Å²) < 4.78 is 5.86. The van der Waals surface area contributed by atoms with Crippen LogP contribution in [0, 0.1) is 3.57 Å². The normalized spacial score (nSPS) is 18.7. The molecule has 2 aliphatic rings. The monoisotopic (exact) mass is 587 g/mol. The summed E-state index contributed by atoms with van der Waals surface area (Å²) in [4.78, 5) is 31.1. The number of pyridine rings is 1. The minimum absolute atomic E-state index is 0.102. The van der Waals surface area contributed by atoms with Gasteiger partial charge in [-0.15, -0.1) is 0 Å². The van der Waals surface area contributed by atoms with Crippen LogP contribution in [0.4, 0.5) is 5.69 Å². The Balaban J connectivity index is 1.46. The SMILES string of the molecule is O=C(Nc1ccc(Br)cc1)C1CCC2=C(NI(c3ccccc3)C2=O)c2cccnc21. The van der Waals surface area contributed by atoms with Crippen LogP contribution in [0.5, 0.6) is 0 Å². The molecule has 1 aliphatic carbocycles. The molecule has 0 radical (unpaired) electrons. The van der Waals surface area contributed by atoms with Gasteiger partial charge in [0.25, 0.3) is 0 Å². The van der Waals surface area contributed by atoms with Crippen molar-refractivity contribution < 1.29 is 9.59 Å². The fraction of sp³-hybridized carbons (Fsp3) is 0.125. The molecule has 0 saturated carbocycles. The first-order chi connectivity index (χ1) is 15.1. The topological polar surface area (TPSA) is 71.1 Å². The molecule has 0 saturated heterocycles. The number of anilines is 1. The van der Waals surface area contributed by atoms with Crippen molar-refractivity contribution in [2.75, 3.05) is 5.32 Å². The number of hydrogen-bond acceptors (Lipinski definition) is 4. The van der Waals surface area contributed by atoms with Gasteiger partial charge in [0.05, 0.1) is 0 Å². The van der Waals surface area contributed by atoms with Gasteiger partial charge in [0, 0.05) is 0 Å². The fourth-order valence-electron chi connectivity index (χ4n) is 3.89. The van der Waals surface area contributed by atoms with Crippen LogP contribution in [0.3, 0.4) is 0 Å². The predicted molar refractivity (Wildman–Crippen MR) is 133 cm³/mol. The molecule has 2 heterocycles. The van der Waals surface area contributed by atoms with E-state index in [1.165, 1.54) is 0 Å². The van der Waals surface area contributed by atoms with Crippen LogP contribution in [0.15, 0.2) is 83.0 Å². The Morgan fingerprint density at radius 2 is 1.84 bits per heavy atom. The summed E-state index contributed by atoms with van der Waals surface area (Å²) >= 11 is 1.18. The van der Waals surface area contributed by atoms with E-state index in [4.69, 9.17) is 0 Å². The van der Waals surface area contributed by atoms with Gasteiger partial charge in [-0.1, -0.05) is 0 Å². The van der Waals surface area contributed by atoms with Crippen LogP contribution in [0.1, 0.15) is 30.0 Å². The molecule has 1 unspecified atom stereocenters. The Hall–Kier alpha value is -2.52. The van der Waals surface area contributed by atoms with E-state index in [9.17, 15) is 9.59 Å². The van der Waals surface area contributed by atoms with Gasteiger partial charge >= 0.3 is 197 Å². The number of allylic oxidation sites excluding steroid dienone is 1. The second-order valence-corrected chi connectivity index (χ2v) is 12.6. The maximum absolute atomic E-state index is 13.3. The van der Waals surface area contributed by atoms with E-state index in [-0.39, 0.29) is 9.70 Å². The number of carbonyl (C=O) groups excluding carboxylic acids is 2. The van der Waals surface area contributed by atoms with Crippen molar-refractivity contribution in [1.82, 2.24) is 8.51 Å². The van der Waals surface area contributed by atoms with Crippen molar-refractivity contribution in [1.29, 1.82) is 0 Å². The van der Waals surface area contributed by atoms with E-state index in [1.807, 2.05) is 66.7 Å². The molecular formula is C24H19BrIN3O2. The second kappa shape index (κ2) is 8.55. The first-order valence-corrected chi connectivity index (χ1v) is 14.0. The molecular weight excluding hydrogens is 569 g/mol. The second-order valence-electron chi connectivity index (χ2n) is 7.32. The maximum atomic E-state index is 13.3. The van der Waals surface area contributed by atoms with Gasteiger partial charge in [0.1, 0.15) is 0 Å². The molecule has 156 valence electrons. The van der Waals surface area contributed by atoms with Gasteiger partial charge in [-0.25, -0.2) is 0 Å². The standard InChI is InChI=1S/C24H19BrIN3O2/c25-15-8-10-17(11-9-15)28-24(31)20-13-12-19-22(18-7-4-14-27-21(18)20)29-26(23(19)30)16-5-2-1-3-6-16/h1-11,14,20,29H,12-13H2,(H,28,31). The Labute approximate surface area is 196 Å². The molecule has 0 fully saturated rings. The van der Waals surface area contributed by atoms with Crippen molar-refractivity contribution in [2.24, 2.45) is 0 Å². The van der Waals surface area contributed by atoms with E-state index in [0.717, 1.165) is 36.3 Å². The summed E-state index contributed by atoms with van der Waals surface area (Å²) in [5.41, 5.74) is 4.04. The molecule has 0 bridgehead atoms. The van der Waals surface area contributed by atoms with Crippen molar-refractivity contribution >= 4 is 57.1 Å². The number of nitrogens with one attached hydrogen (secondary N) is 2. The summed E-state index contributed by atoms with van der Waals surface area (Å²) in [6.45, 7) is 0. The molecule has 31 heavy (non-hydrogen) atoms. The quantitative estimate of drug-likeness (QED) is 0.241. The number of carbonyl (C=O) groups is 2. The zero-order valence-electron chi connectivity index (χ0n) is 16.4. The summed E-state index contributed by atoms with van der Waals surface area (Å²) in [6.07, 6.45) is 2.84. The Kier molecular flexibility index (Phi) is 5.62. The number of halogens is 2. The van der Waals surface area contributed by atoms with E-state index in [1.54, 1.807) is 6.20 Å². The summed E-state index contributed by atoms with van der Waals surface area (Å²) in [6, 6.07) is 21.3. The molecule has 7 heteroatoms. The van der Waals surface area contributed by atoms with E-state index >= 15 is 0 Å². The van der Waals surface area contributed by atoms with E-state index in [0.29, 0.717) is 12.8 Å². The van der Waals surface area contributed by atoms with Crippen LogP contribution in [0.25, 0.3) is 5.70 Å². The summed E-state index contributed by atoms with van der Waals surface area (Å²) in [7, 11) is 0. The number of aromatic nitrogens is 1. The number of fused-ring (bicyclic) bond motifs is 2. The first kappa shape index (κ1) is 20.4. The third-order valence-corrected chi connectivity index (χ3v) is 10.6. The van der Waals surface area contributed by atoms with Crippen molar-refractivity contribution in [2.45, 2.75) is 18.8 Å². The van der Waals surface area contributed by atoms with Gasteiger partial charge in [0.2, 0.25) is 0 Å². The number of hydrogen-bond donors (Lipinski definition) is 2. The zero-order chi connectivity index (χ0) is 21.4. The molecule has 3 aromatic rings. The number of benzene rings is 2. The predicted octanol–water partition coefficient (Wildman–Crippen LogP) is 5.49. The van der Waals surface area contributed by atoms with Gasteiger partial charge in [-0.3, -0.25) is 0 Å². The van der Waals surface area contributed by atoms with Crippen LogP contribution in [-0.2, 0) is 9.59 Å². The Morgan fingerprint density at radius 3 is 2.61 bits per heavy atom. The van der Waals surface area contributed by atoms with Gasteiger partial charge in [0.15, 0.2) is 0 Å². The van der Waals surface area contributed by atoms with Gasteiger partial charge in [-0.05, 0) is 0 Å².